The Labute approximate surface area is 92.3 Å². The van der Waals surface area contributed by atoms with Gasteiger partial charge in [0, 0.05) is 25.0 Å². The number of hydrogen-bond donors (Lipinski definition) is 2. The number of carbonyl (C=O) groups excluding carboxylic acids is 1. The predicted octanol–water partition coefficient (Wildman–Crippen LogP) is 1.19. The van der Waals surface area contributed by atoms with Crippen molar-refractivity contribution in [3.63, 3.8) is 0 Å². The Bertz CT molecular complexity index is 479. The zero-order valence-electron chi connectivity index (χ0n) is 8.51. The van der Waals surface area contributed by atoms with Crippen LogP contribution in [0.4, 0.5) is 5.88 Å². The van der Waals surface area contributed by atoms with E-state index in [0.29, 0.717) is 6.54 Å². The third-order valence-corrected chi connectivity index (χ3v) is 2.05. The molecule has 2 rings (SSSR count). The minimum atomic E-state index is -0.284. The minimum absolute atomic E-state index is 0.214. The number of nitrogens with one attached hydrogen (secondary N) is 1. The van der Waals surface area contributed by atoms with Crippen molar-refractivity contribution in [3.05, 3.63) is 48.0 Å². The van der Waals surface area contributed by atoms with Crippen molar-refractivity contribution in [2.45, 2.75) is 6.54 Å². The first-order valence-corrected chi connectivity index (χ1v) is 4.78. The van der Waals surface area contributed by atoms with Crippen molar-refractivity contribution >= 4 is 11.8 Å². The number of carbonyl (C=O) groups is 1. The molecule has 16 heavy (non-hydrogen) atoms. The van der Waals surface area contributed by atoms with Crippen LogP contribution >= 0.6 is 0 Å². The number of anilines is 1. The molecule has 0 atom stereocenters. The van der Waals surface area contributed by atoms with E-state index in [2.05, 4.69) is 10.3 Å². The standard InChI is InChI=1S/C11H11N3O2/c12-10-2-1-9(16-10)11(15)14-7-8-3-5-13-6-4-8/h1-6H,7,12H2,(H,14,15). The largest absolute Gasteiger partial charge is 0.436 e. The predicted molar refractivity (Wildman–Crippen MR) is 58.5 cm³/mol. The van der Waals surface area contributed by atoms with Gasteiger partial charge in [-0.05, 0) is 23.8 Å². The fraction of sp³-hybridized carbons (Fsp3) is 0.0909. The number of nitrogen functional groups attached to an aromatic ring is 1. The van der Waals surface area contributed by atoms with E-state index in [-0.39, 0.29) is 17.6 Å². The van der Waals surface area contributed by atoms with E-state index in [1.165, 1.54) is 6.07 Å². The van der Waals surface area contributed by atoms with Gasteiger partial charge in [-0.1, -0.05) is 0 Å². The van der Waals surface area contributed by atoms with Crippen LogP contribution in [-0.4, -0.2) is 10.9 Å². The van der Waals surface area contributed by atoms with Gasteiger partial charge in [0.15, 0.2) is 11.6 Å². The molecular weight excluding hydrogens is 206 g/mol. The molecule has 0 radical (unpaired) electrons. The third kappa shape index (κ3) is 2.38. The Morgan fingerprint density at radius 3 is 2.69 bits per heavy atom. The van der Waals surface area contributed by atoms with Gasteiger partial charge in [0.1, 0.15) is 0 Å². The van der Waals surface area contributed by atoms with Crippen LogP contribution in [0.1, 0.15) is 16.1 Å². The lowest BCUT2D eigenvalue weighted by atomic mass is 10.2. The van der Waals surface area contributed by atoms with Crippen LogP contribution in [0.25, 0.3) is 0 Å². The second-order valence-electron chi connectivity index (χ2n) is 3.24. The molecule has 5 nitrogen and oxygen atoms in total. The number of pyridine rings is 1. The molecule has 0 spiro atoms. The molecule has 0 fully saturated rings. The van der Waals surface area contributed by atoms with Gasteiger partial charge in [-0.25, -0.2) is 0 Å². The zero-order valence-corrected chi connectivity index (χ0v) is 8.51. The summed E-state index contributed by atoms with van der Waals surface area (Å²) in [7, 11) is 0. The molecule has 0 aliphatic heterocycles. The lowest BCUT2D eigenvalue weighted by molar-refractivity contribution is 0.0924. The van der Waals surface area contributed by atoms with Crippen molar-refractivity contribution in [3.8, 4) is 0 Å². The van der Waals surface area contributed by atoms with Crippen LogP contribution in [0.5, 0.6) is 0 Å². The number of amides is 1. The van der Waals surface area contributed by atoms with E-state index in [4.69, 9.17) is 10.2 Å². The molecule has 0 unspecified atom stereocenters. The number of aromatic nitrogens is 1. The summed E-state index contributed by atoms with van der Waals surface area (Å²) in [5, 5.41) is 2.71. The number of rotatable bonds is 3. The third-order valence-electron chi connectivity index (χ3n) is 2.05. The maximum Gasteiger partial charge on any atom is 0.287 e. The monoisotopic (exact) mass is 217 g/mol. The molecule has 0 aliphatic rings. The summed E-state index contributed by atoms with van der Waals surface area (Å²) in [5.74, 6) is 0.161. The maximum atomic E-state index is 11.6. The molecule has 0 saturated heterocycles. The molecule has 5 heteroatoms. The molecule has 0 aliphatic carbocycles. The summed E-state index contributed by atoms with van der Waals surface area (Å²) < 4.78 is 4.99. The number of nitrogens with zero attached hydrogens (tertiary/aromatic N) is 1. The van der Waals surface area contributed by atoms with Gasteiger partial charge in [-0.2, -0.15) is 0 Å². The maximum absolute atomic E-state index is 11.6. The van der Waals surface area contributed by atoms with E-state index in [1.54, 1.807) is 18.5 Å². The number of furan rings is 1. The first kappa shape index (κ1) is 10.2. The van der Waals surface area contributed by atoms with Gasteiger partial charge in [0.05, 0.1) is 0 Å². The molecule has 2 aromatic heterocycles. The summed E-state index contributed by atoms with van der Waals surface area (Å²) in [5.41, 5.74) is 6.34. The van der Waals surface area contributed by atoms with Gasteiger partial charge in [-0.15, -0.1) is 0 Å². The molecule has 3 N–H and O–H groups in total. The summed E-state index contributed by atoms with van der Waals surface area (Å²) in [6.45, 7) is 0.432. The second kappa shape index (κ2) is 4.48. The Balaban J connectivity index is 1.94. The highest BCUT2D eigenvalue weighted by molar-refractivity contribution is 5.91. The van der Waals surface area contributed by atoms with Gasteiger partial charge in [-0.3, -0.25) is 9.78 Å². The van der Waals surface area contributed by atoms with E-state index in [1.807, 2.05) is 12.1 Å². The fourth-order valence-corrected chi connectivity index (χ4v) is 1.24. The Morgan fingerprint density at radius 2 is 2.06 bits per heavy atom. The average Bonchev–Trinajstić information content (AvgIpc) is 2.74. The van der Waals surface area contributed by atoms with Crippen molar-refractivity contribution in [1.29, 1.82) is 0 Å². The number of hydrogen-bond acceptors (Lipinski definition) is 4. The Kier molecular flexibility index (Phi) is 2.86. The SMILES string of the molecule is Nc1ccc(C(=O)NCc2ccncc2)o1. The van der Waals surface area contributed by atoms with Crippen LogP contribution < -0.4 is 11.1 Å². The highest BCUT2D eigenvalue weighted by Gasteiger charge is 2.09. The summed E-state index contributed by atoms with van der Waals surface area (Å²) in [4.78, 5) is 15.4. The van der Waals surface area contributed by atoms with Crippen molar-refractivity contribution in [2.75, 3.05) is 5.73 Å². The fourth-order valence-electron chi connectivity index (χ4n) is 1.24. The van der Waals surface area contributed by atoms with E-state index < -0.39 is 0 Å². The van der Waals surface area contributed by atoms with Crippen LogP contribution in [0.2, 0.25) is 0 Å². The van der Waals surface area contributed by atoms with E-state index in [9.17, 15) is 4.79 Å². The number of nitrogens with two attached hydrogens (primary N) is 1. The topological polar surface area (TPSA) is 81.2 Å². The van der Waals surface area contributed by atoms with Crippen LogP contribution in [0, 0.1) is 0 Å². The smallest absolute Gasteiger partial charge is 0.287 e. The molecule has 2 aromatic rings. The van der Waals surface area contributed by atoms with E-state index in [0.717, 1.165) is 5.56 Å². The molecule has 0 saturated carbocycles. The molecule has 2 heterocycles. The first-order chi connectivity index (χ1) is 7.75. The average molecular weight is 217 g/mol. The van der Waals surface area contributed by atoms with Crippen molar-refractivity contribution < 1.29 is 9.21 Å². The van der Waals surface area contributed by atoms with Crippen molar-refractivity contribution in [1.82, 2.24) is 10.3 Å². The highest BCUT2D eigenvalue weighted by Crippen LogP contribution is 2.08. The van der Waals surface area contributed by atoms with Crippen LogP contribution in [0.15, 0.2) is 41.1 Å². The van der Waals surface area contributed by atoms with Gasteiger partial charge in [0.2, 0.25) is 0 Å². The lowest BCUT2D eigenvalue weighted by Gasteiger charge is -2.02. The highest BCUT2D eigenvalue weighted by atomic mass is 16.4. The van der Waals surface area contributed by atoms with Crippen molar-refractivity contribution in [2.24, 2.45) is 0 Å². The summed E-state index contributed by atoms with van der Waals surface area (Å²) >= 11 is 0. The Morgan fingerprint density at radius 1 is 1.31 bits per heavy atom. The van der Waals surface area contributed by atoms with Gasteiger partial charge >= 0.3 is 0 Å². The van der Waals surface area contributed by atoms with E-state index >= 15 is 0 Å². The zero-order chi connectivity index (χ0) is 11.4. The minimum Gasteiger partial charge on any atom is -0.436 e. The summed E-state index contributed by atoms with van der Waals surface area (Å²) in [6.07, 6.45) is 3.35. The molecule has 0 bridgehead atoms. The Hall–Kier alpha value is -2.30. The van der Waals surface area contributed by atoms with Gasteiger partial charge in [0.25, 0.3) is 5.91 Å². The second-order valence-corrected chi connectivity index (χ2v) is 3.24. The van der Waals surface area contributed by atoms with Crippen LogP contribution in [-0.2, 0) is 6.54 Å². The summed E-state index contributed by atoms with van der Waals surface area (Å²) in [6, 6.07) is 6.74. The molecule has 0 aromatic carbocycles. The molecule has 82 valence electrons. The first-order valence-electron chi connectivity index (χ1n) is 4.78. The lowest BCUT2D eigenvalue weighted by Crippen LogP contribution is -2.22. The molecular formula is C11H11N3O2. The van der Waals surface area contributed by atoms with Gasteiger partial charge < -0.3 is 15.5 Å². The normalized spacial score (nSPS) is 10.0. The molecule has 1 amide bonds. The quantitative estimate of drug-likeness (QED) is 0.809. The van der Waals surface area contributed by atoms with Crippen LogP contribution in [0.3, 0.4) is 0 Å².